The predicted molar refractivity (Wildman–Crippen MR) is 91.1 cm³/mol. The van der Waals surface area contributed by atoms with Crippen LogP contribution in [-0.4, -0.2) is 60.6 Å². The molecule has 1 fully saturated rings. The molecule has 0 saturated carbocycles. The van der Waals surface area contributed by atoms with E-state index in [0.717, 1.165) is 25.4 Å². The lowest BCUT2D eigenvalue weighted by Crippen LogP contribution is -2.38. The van der Waals surface area contributed by atoms with E-state index in [0.29, 0.717) is 26.4 Å². The van der Waals surface area contributed by atoms with Crippen LogP contribution >= 0.6 is 0 Å². The summed E-state index contributed by atoms with van der Waals surface area (Å²) in [5, 5.41) is 0. The van der Waals surface area contributed by atoms with Crippen LogP contribution < -0.4 is 4.74 Å². The van der Waals surface area contributed by atoms with Gasteiger partial charge in [-0.05, 0) is 24.7 Å². The van der Waals surface area contributed by atoms with Crippen LogP contribution in [0.2, 0.25) is 0 Å². The van der Waals surface area contributed by atoms with Crippen molar-refractivity contribution in [2.75, 3.05) is 40.0 Å². The number of likely N-dealkylation sites (N-methyl/N-ethyl adjacent to an activating group) is 1. The van der Waals surface area contributed by atoms with Crippen molar-refractivity contribution in [3.63, 3.8) is 0 Å². The highest BCUT2D eigenvalue weighted by Crippen LogP contribution is 2.14. The Balaban J connectivity index is 1.40. The minimum atomic E-state index is 0.175. The SMILES string of the molecule is CN(Cc1ccc(OCCn2ccnc2)cc1)CC1COCCO1. The van der Waals surface area contributed by atoms with Gasteiger partial charge < -0.3 is 18.8 Å². The second-order valence-electron chi connectivity index (χ2n) is 6.06. The molecule has 0 amide bonds. The van der Waals surface area contributed by atoms with E-state index in [1.54, 1.807) is 12.5 Å². The van der Waals surface area contributed by atoms with Crippen molar-refractivity contribution in [3.05, 3.63) is 48.5 Å². The van der Waals surface area contributed by atoms with Crippen molar-refractivity contribution in [1.29, 1.82) is 0 Å². The van der Waals surface area contributed by atoms with E-state index < -0.39 is 0 Å². The van der Waals surface area contributed by atoms with Gasteiger partial charge in [0.2, 0.25) is 0 Å². The average Bonchev–Trinajstić information content (AvgIpc) is 3.11. The van der Waals surface area contributed by atoms with Crippen LogP contribution in [0.5, 0.6) is 5.75 Å². The Morgan fingerprint density at radius 3 is 2.88 bits per heavy atom. The van der Waals surface area contributed by atoms with Gasteiger partial charge in [0.15, 0.2) is 0 Å². The topological polar surface area (TPSA) is 48.8 Å². The van der Waals surface area contributed by atoms with Crippen molar-refractivity contribution in [2.45, 2.75) is 19.2 Å². The fraction of sp³-hybridized carbons (Fsp3) is 0.500. The number of hydrogen-bond donors (Lipinski definition) is 0. The molecule has 3 rings (SSSR count). The molecule has 0 radical (unpaired) electrons. The van der Waals surface area contributed by atoms with E-state index in [1.165, 1.54) is 5.56 Å². The summed E-state index contributed by atoms with van der Waals surface area (Å²) in [7, 11) is 2.10. The molecule has 2 aromatic rings. The molecule has 1 aromatic heterocycles. The van der Waals surface area contributed by atoms with Crippen LogP contribution in [0.4, 0.5) is 0 Å². The van der Waals surface area contributed by atoms with Crippen molar-refractivity contribution >= 4 is 0 Å². The number of benzene rings is 1. The second-order valence-corrected chi connectivity index (χ2v) is 6.06. The summed E-state index contributed by atoms with van der Waals surface area (Å²) in [6.07, 6.45) is 5.68. The zero-order valence-corrected chi connectivity index (χ0v) is 14.1. The Morgan fingerprint density at radius 1 is 1.29 bits per heavy atom. The molecule has 130 valence electrons. The Hall–Kier alpha value is -1.89. The minimum Gasteiger partial charge on any atom is -0.492 e. The molecule has 6 nitrogen and oxygen atoms in total. The van der Waals surface area contributed by atoms with Crippen LogP contribution in [0.1, 0.15) is 5.56 Å². The van der Waals surface area contributed by atoms with Crippen LogP contribution in [0.3, 0.4) is 0 Å². The van der Waals surface area contributed by atoms with Crippen LogP contribution in [0.25, 0.3) is 0 Å². The van der Waals surface area contributed by atoms with E-state index in [-0.39, 0.29) is 6.10 Å². The van der Waals surface area contributed by atoms with Gasteiger partial charge in [-0.2, -0.15) is 0 Å². The molecule has 1 aliphatic heterocycles. The summed E-state index contributed by atoms with van der Waals surface area (Å²) >= 11 is 0. The molecule has 0 N–H and O–H groups in total. The van der Waals surface area contributed by atoms with Gasteiger partial charge in [0.1, 0.15) is 12.4 Å². The summed E-state index contributed by atoms with van der Waals surface area (Å²) in [4.78, 5) is 6.27. The first-order valence-corrected chi connectivity index (χ1v) is 8.35. The van der Waals surface area contributed by atoms with Crippen LogP contribution in [0, 0.1) is 0 Å². The van der Waals surface area contributed by atoms with Gasteiger partial charge in [0.05, 0.1) is 38.8 Å². The second kappa shape index (κ2) is 8.82. The van der Waals surface area contributed by atoms with Crippen molar-refractivity contribution in [3.8, 4) is 5.75 Å². The Kier molecular flexibility index (Phi) is 6.23. The van der Waals surface area contributed by atoms with Gasteiger partial charge in [-0.3, -0.25) is 4.90 Å². The third-order valence-electron chi connectivity index (χ3n) is 3.95. The van der Waals surface area contributed by atoms with Gasteiger partial charge in [-0.1, -0.05) is 12.1 Å². The fourth-order valence-electron chi connectivity index (χ4n) is 2.74. The number of rotatable bonds is 8. The smallest absolute Gasteiger partial charge is 0.119 e. The van der Waals surface area contributed by atoms with E-state index in [2.05, 4.69) is 29.1 Å². The summed E-state index contributed by atoms with van der Waals surface area (Å²) in [6, 6.07) is 8.27. The first-order valence-electron chi connectivity index (χ1n) is 8.35. The molecule has 6 heteroatoms. The quantitative estimate of drug-likeness (QED) is 0.738. The zero-order chi connectivity index (χ0) is 16.6. The van der Waals surface area contributed by atoms with Gasteiger partial charge in [-0.15, -0.1) is 0 Å². The van der Waals surface area contributed by atoms with Gasteiger partial charge in [0, 0.05) is 25.5 Å². The van der Waals surface area contributed by atoms with Gasteiger partial charge in [0.25, 0.3) is 0 Å². The highest BCUT2D eigenvalue weighted by atomic mass is 16.6. The third kappa shape index (κ3) is 5.33. The summed E-state index contributed by atoms with van der Waals surface area (Å²) in [5.41, 5.74) is 1.26. The van der Waals surface area contributed by atoms with Crippen LogP contribution in [-0.2, 0) is 22.6 Å². The van der Waals surface area contributed by atoms with Gasteiger partial charge >= 0.3 is 0 Å². The van der Waals surface area contributed by atoms with Crippen molar-refractivity contribution in [2.24, 2.45) is 0 Å². The largest absolute Gasteiger partial charge is 0.492 e. The standard InChI is InChI=1S/C18H25N3O3/c1-20(13-18-14-22-10-11-24-18)12-16-2-4-17(5-3-16)23-9-8-21-7-6-19-15-21/h2-7,15,18H,8-14H2,1H3. The Bertz CT molecular complexity index is 580. The maximum Gasteiger partial charge on any atom is 0.119 e. The zero-order valence-electron chi connectivity index (χ0n) is 14.1. The van der Waals surface area contributed by atoms with E-state index >= 15 is 0 Å². The molecule has 1 aliphatic rings. The third-order valence-corrected chi connectivity index (χ3v) is 3.95. The molecule has 1 unspecified atom stereocenters. The highest BCUT2D eigenvalue weighted by Gasteiger charge is 2.16. The molecule has 0 aliphatic carbocycles. The summed E-state index contributed by atoms with van der Waals surface area (Å²) < 4.78 is 18.9. The number of hydrogen-bond acceptors (Lipinski definition) is 5. The lowest BCUT2D eigenvalue weighted by Gasteiger charge is -2.27. The normalized spacial score (nSPS) is 18.0. The monoisotopic (exact) mass is 331 g/mol. The molecule has 0 spiro atoms. The minimum absolute atomic E-state index is 0.175. The average molecular weight is 331 g/mol. The fourth-order valence-corrected chi connectivity index (χ4v) is 2.74. The first-order chi connectivity index (χ1) is 11.8. The first kappa shape index (κ1) is 17.0. The Labute approximate surface area is 143 Å². The molecule has 24 heavy (non-hydrogen) atoms. The molecular weight excluding hydrogens is 306 g/mol. The molecule has 1 aromatic carbocycles. The van der Waals surface area contributed by atoms with E-state index in [9.17, 15) is 0 Å². The van der Waals surface area contributed by atoms with Crippen molar-refractivity contribution < 1.29 is 14.2 Å². The lowest BCUT2D eigenvalue weighted by molar-refractivity contribution is -0.0962. The highest BCUT2D eigenvalue weighted by molar-refractivity contribution is 5.27. The summed E-state index contributed by atoms with van der Waals surface area (Å²) in [6.45, 7) is 5.29. The summed E-state index contributed by atoms with van der Waals surface area (Å²) in [5.74, 6) is 0.894. The van der Waals surface area contributed by atoms with E-state index in [4.69, 9.17) is 14.2 Å². The number of aromatic nitrogens is 2. The molecule has 1 atom stereocenters. The van der Waals surface area contributed by atoms with Crippen molar-refractivity contribution in [1.82, 2.24) is 14.5 Å². The lowest BCUT2D eigenvalue weighted by atomic mass is 10.2. The number of ether oxygens (including phenoxy) is 3. The molecular formula is C18H25N3O3. The molecule has 2 heterocycles. The van der Waals surface area contributed by atoms with E-state index in [1.807, 2.05) is 22.9 Å². The molecule has 0 bridgehead atoms. The number of imidazole rings is 1. The predicted octanol–water partition coefficient (Wildman–Crippen LogP) is 1.81. The maximum atomic E-state index is 5.76. The Morgan fingerprint density at radius 2 is 2.17 bits per heavy atom. The van der Waals surface area contributed by atoms with Gasteiger partial charge in [-0.25, -0.2) is 4.98 Å². The number of nitrogens with zero attached hydrogens (tertiary/aromatic N) is 3. The molecule has 1 saturated heterocycles. The maximum absolute atomic E-state index is 5.76. The van der Waals surface area contributed by atoms with Crippen LogP contribution in [0.15, 0.2) is 43.0 Å².